The van der Waals surface area contributed by atoms with Crippen molar-refractivity contribution in [2.24, 2.45) is 5.92 Å². The van der Waals surface area contributed by atoms with Gasteiger partial charge in [-0.3, -0.25) is 0 Å². The Hall–Kier alpha value is -2.67. The molecule has 2 aromatic rings. The van der Waals surface area contributed by atoms with Gasteiger partial charge in [0.15, 0.2) is 0 Å². The van der Waals surface area contributed by atoms with Gasteiger partial charge in [0.1, 0.15) is 5.75 Å². The molecule has 1 aliphatic rings. The van der Waals surface area contributed by atoms with Crippen LogP contribution in [0, 0.1) is 17.2 Å². The van der Waals surface area contributed by atoms with E-state index in [-0.39, 0.29) is 11.3 Å². The fourth-order valence-corrected chi connectivity index (χ4v) is 3.85. The van der Waals surface area contributed by atoms with E-state index in [1.54, 1.807) is 0 Å². The lowest BCUT2D eigenvalue weighted by Crippen LogP contribution is -2.22. The minimum absolute atomic E-state index is 0.0347. The summed E-state index contributed by atoms with van der Waals surface area (Å²) in [6.45, 7) is 2.18. The molecule has 0 saturated heterocycles. The van der Waals surface area contributed by atoms with Crippen LogP contribution in [0.15, 0.2) is 60.7 Å². The van der Waals surface area contributed by atoms with Gasteiger partial charge in [-0.25, -0.2) is 0 Å². The van der Waals surface area contributed by atoms with E-state index in [9.17, 15) is 8.78 Å². The van der Waals surface area contributed by atoms with E-state index in [1.807, 2.05) is 18.2 Å². The Kier molecular flexibility index (Phi) is 7.04. The van der Waals surface area contributed by atoms with Gasteiger partial charge >= 0.3 is 6.11 Å². The van der Waals surface area contributed by atoms with Gasteiger partial charge in [0.2, 0.25) is 0 Å². The molecule has 152 valence electrons. The standard InChI is InChI=1S/C25H27F2NO/c1-2-3-4-5-19-6-10-21(11-7-19)22-12-14-23(15-13-22)25(26,27)29-24-16-8-20(18-28)9-17-24/h4-5,8-9,12-17,19,21H,2-3,6-7,10-11H2,1H3/t19-,21-. The summed E-state index contributed by atoms with van der Waals surface area (Å²) < 4.78 is 33.9. The zero-order valence-corrected chi connectivity index (χ0v) is 16.8. The number of alkyl halides is 2. The molecule has 0 aromatic heterocycles. The van der Waals surface area contributed by atoms with Gasteiger partial charge in [0.05, 0.1) is 17.2 Å². The molecule has 0 amide bonds. The second kappa shape index (κ2) is 9.69. The minimum Gasteiger partial charge on any atom is -0.429 e. The van der Waals surface area contributed by atoms with E-state index in [0.717, 1.165) is 37.7 Å². The van der Waals surface area contributed by atoms with Crippen molar-refractivity contribution in [3.63, 3.8) is 0 Å². The largest absolute Gasteiger partial charge is 0.429 e. The van der Waals surface area contributed by atoms with Gasteiger partial charge in [0, 0.05) is 0 Å². The smallest absolute Gasteiger partial charge is 0.426 e. The summed E-state index contributed by atoms with van der Waals surface area (Å²) >= 11 is 0. The van der Waals surface area contributed by atoms with Gasteiger partial charge < -0.3 is 4.74 Å². The molecule has 0 atom stereocenters. The number of ether oxygens (including phenoxy) is 1. The van der Waals surface area contributed by atoms with E-state index < -0.39 is 6.11 Å². The number of allylic oxidation sites excluding steroid dienone is 2. The molecule has 3 rings (SSSR count). The second-order valence-electron chi connectivity index (χ2n) is 7.71. The molecule has 0 unspecified atom stereocenters. The first-order chi connectivity index (χ1) is 14.0. The summed E-state index contributed by atoms with van der Waals surface area (Å²) in [5.41, 5.74) is 1.36. The second-order valence-corrected chi connectivity index (χ2v) is 7.71. The van der Waals surface area contributed by atoms with E-state index >= 15 is 0 Å². The first-order valence-corrected chi connectivity index (χ1v) is 10.4. The Balaban J connectivity index is 1.60. The number of benzene rings is 2. The molecule has 1 aliphatic carbocycles. The highest BCUT2D eigenvalue weighted by Gasteiger charge is 2.34. The zero-order valence-electron chi connectivity index (χ0n) is 16.8. The third-order valence-corrected chi connectivity index (χ3v) is 5.58. The summed E-state index contributed by atoms with van der Waals surface area (Å²) in [6.07, 6.45) is 8.04. The summed E-state index contributed by atoms with van der Waals surface area (Å²) in [6, 6.07) is 14.2. The fraction of sp³-hybridized carbons (Fsp3) is 0.400. The van der Waals surface area contributed by atoms with Crippen LogP contribution in [0.2, 0.25) is 0 Å². The Morgan fingerprint density at radius 2 is 1.69 bits per heavy atom. The van der Waals surface area contributed by atoms with Gasteiger partial charge in [-0.2, -0.15) is 14.0 Å². The lowest BCUT2D eigenvalue weighted by Gasteiger charge is -2.27. The molecule has 0 heterocycles. The van der Waals surface area contributed by atoms with Crippen LogP contribution in [0.5, 0.6) is 5.75 Å². The molecule has 0 aliphatic heterocycles. The molecular weight excluding hydrogens is 368 g/mol. The molecule has 0 bridgehead atoms. The van der Waals surface area contributed by atoms with Crippen molar-refractivity contribution in [2.45, 2.75) is 57.5 Å². The average Bonchev–Trinajstić information content (AvgIpc) is 2.75. The van der Waals surface area contributed by atoms with E-state index in [4.69, 9.17) is 10.00 Å². The Morgan fingerprint density at radius 3 is 2.28 bits per heavy atom. The minimum atomic E-state index is -3.42. The fourth-order valence-electron chi connectivity index (χ4n) is 3.85. The zero-order chi connectivity index (χ0) is 20.7. The van der Waals surface area contributed by atoms with Crippen molar-refractivity contribution in [2.75, 3.05) is 0 Å². The van der Waals surface area contributed by atoms with E-state index in [1.165, 1.54) is 42.8 Å². The summed E-state index contributed by atoms with van der Waals surface area (Å²) in [4.78, 5) is 0. The number of hydrogen-bond donors (Lipinski definition) is 0. The third kappa shape index (κ3) is 5.67. The summed E-state index contributed by atoms with van der Waals surface area (Å²) in [7, 11) is 0. The van der Waals surface area contributed by atoms with Crippen LogP contribution in [0.4, 0.5) is 8.78 Å². The summed E-state index contributed by atoms with van der Waals surface area (Å²) in [5.74, 6) is 1.13. The molecule has 2 nitrogen and oxygen atoms in total. The monoisotopic (exact) mass is 395 g/mol. The molecular formula is C25H27F2NO. The first kappa shape index (κ1) is 21.0. The van der Waals surface area contributed by atoms with Gasteiger partial charge in [0.25, 0.3) is 0 Å². The Bertz CT molecular complexity index is 842. The Morgan fingerprint density at radius 1 is 1.03 bits per heavy atom. The number of halogens is 2. The number of rotatable bonds is 7. The van der Waals surface area contributed by atoms with Crippen LogP contribution in [0.3, 0.4) is 0 Å². The lowest BCUT2D eigenvalue weighted by molar-refractivity contribution is -0.185. The molecule has 0 N–H and O–H groups in total. The van der Waals surface area contributed by atoms with Crippen LogP contribution in [-0.2, 0) is 6.11 Å². The van der Waals surface area contributed by atoms with Crippen molar-refractivity contribution in [1.82, 2.24) is 0 Å². The highest BCUT2D eigenvalue weighted by Crippen LogP contribution is 2.38. The third-order valence-electron chi connectivity index (χ3n) is 5.58. The van der Waals surface area contributed by atoms with Crippen LogP contribution in [0.25, 0.3) is 0 Å². The molecule has 0 spiro atoms. The van der Waals surface area contributed by atoms with Crippen molar-refractivity contribution < 1.29 is 13.5 Å². The molecule has 2 aromatic carbocycles. The maximum atomic E-state index is 14.5. The maximum absolute atomic E-state index is 14.5. The van der Waals surface area contributed by atoms with Crippen LogP contribution in [0.1, 0.15) is 68.1 Å². The van der Waals surface area contributed by atoms with Crippen molar-refractivity contribution in [3.8, 4) is 11.8 Å². The molecule has 4 heteroatoms. The quantitative estimate of drug-likeness (QED) is 0.460. The highest BCUT2D eigenvalue weighted by molar-refractivity contribution is 5.35. The van der Waals surface area contributed by atoms with Crippen LogP contribution >= 0.6 is 0 Å². The van der Waals surface area contributed by atoms with Gasteiger partial charge in [-0.05, 0) is 85.9 Å². The van der Waals surface area contributed by atoms with Crippen molar-refractivity contribution in [3.05, 3.63) is 77.4 Å². The summed E-state index contributed by atoms with van der Waals surface area (Å²) in [5, 5.41) is 8.79. The maximum Gasteiger partial charge on any atom is 0.426 e. The molecule has 1 saturated carbocycles. The Labute approximate surface area is 171 Å². The first-order valence-electron chi connectivity index (χ1n) is 10.4. The van der Waals surface area contributed by atoms with E-state index in [2.05, 4.69) is 19.1 Å². The number of nitrogens with zero attached hydrogens (tertiary/aromatic N) is 1. The SMILES string of the molecule is CCCC=C[C@H]1CC[C@H](c2ccc(C(F)(F)Oc3ccc(C#N)cc3)cc2)CC1. The average molecular weight is 395 g/mol. The van der Waals surface area contributed by atoms with Gasteiger partial charge in [-0.1, -0.05) is 37.6 Å². The van der Waals surface area contributed by atoms with Crippen molar-refractivity contribution in [1.29, 1.82) is 5.26 Å². The number of nitriles is 1. The van der Waals surface area contributed by atoms with E-state index in [0.29, 0.717) is 17.4 Å². The predicted molar refractivity (Wildman–Crippen MR) is 111 cm³/mol. The van der Waals surface area contributed by atoms with Gasteiger partial charge in [-0.15, -0.1) is 0 Å². The molecule has 1 fully saturated rings. The molecule has 0 radical (unpaired) electrons. The lowest BCUT2D eigenvalue weighted by atomic mass is 9.78. The number of unbranched alkanes of at least 4 members (excludes halogenated alkanes) is 1. The van der Waals surface area contributed by atoms with Crippen LogP contribution < -0.4 is 4.74 Å². The van der Waals surface area contributed by atoms with Crippen LogP contribution in [-0.4, -0.2) is 0 Å². The predicted octanol–water partition coefficient (Wildman–Crippen LogP) is 7.32. The number of hydrogen-bond acceptors (Lipinski definition) is 2. The normalized spacial score (nSPS) is 19.8. The topological polar surface area (TPSA) is 33.0 Å². The highest BCUT2D eigenvalue weighted by atomic mass is 19.3. The molecule has 29 heavy (non-hydrogen) atoms. The van der Waals surface area contributed by atoms with Crippen molar-refractivity contribution >= 4 is 0 Å².